The summed E-state index contributed by atoms with van der Waals surface area (Å²) in [6, 6.07) is 14.2. The highest BCUT2D eigenvalue weighted by molar-refractivity contribution is 8.69. The second-order valence-electron chi connectivity index (χ2n) is 6.71. The number of nitrogen functional groups attached to an aromatic ring is 1. The summed E-state index contributed by atoms with van der Waals surface area (Å²) in [5.74, 6) is 7.32. The number of carbonyl (C=O) groups is 1. The van der Waals surface area contributed by atoms with E-state index in [9.17, 15) is 17.8 Å². The fourth-order valence-electron chi connectivity index (χ4n) is 2.49. The summed E-state index contributed by atoms with van der Waals surface area (Å²) in [5, 5.41) is 4.81. The molecule has 0 amide bonds. The smallest absolute Gasteiger partial charge is 0.295 e. The standard InChI is InChI=1S/C12H14ClN4O.C8H10O3S2/c1-8-15-16(9(2)17(8)14)7-12(18)10-3-5-11(13)6-4-10;1-7-2-4-8(5-3-7)6-12-13(9,10)11/h3-6H,7,14H2,1-2H3;2-5H,6H2,1H3,(H,9,10,11)/q+1;/p-1. The van der Waals surface area contributed by atoms with E-state index in [0.717, 1.165) is 17.0 Å². The molecule has 0 aliphatic carbocycles. The zero-order valence-corrected chi connectivity index (χ0v) is 19.7. The van der Waals surface area contributed by atoms with E-state index in [4.69, 9.17) is 17.4 Å². The van der Waals surface area contributed by atoms with Gasteiger partial charge in [-0.05, 0) is 47.5 Å². The van der Waals surface area contributed by atoms with Crippen molar-refractivity contribution >= 4 is 37.3 Å². The molecule has 31 heavy (non-hydrogen) atoms. The Labute approximate surface area is 190 Å². The first-order valence-corrected chi connectivity index (χ1v) is 12.4. The van der Waals surface area contributed by atoms with Crippen LogP contribution in [0, 0.1) is 20.8 Å². The molecular formula is C20H23ClN4O4S2. The van der Waals surface area contributed by atoms with Crippen LogP contribution in [0.3, 0.4) is 0 Å². The number of ketones is 1. The Bertz CT molecular complexity index is 1150. The van der Waals surface area contributed by atoms with Crippen molar-refractivity contribution in [2.24, 2.45) is 0 Å². The van der Waals surface area contributed by atoms with Crippen LogP contribution < -0.4 is 10.5 Å². The molecule has 1 aromatic heterocycles. The largest absolute Gasteiger partial charge is 0.739 e. The molecule has 0 saturated heterocycles. The SMILES string of the molecule is Cc1ccc(CSS(=O)(=O)[O-])cc1.Cc1nn(CC(=O)c2ccc(Cl)cc2)c(C)[n+]1N. The number of carbonyl (C=O) groups excluding carboxylic acids is 1. The lowest BCUT2D eigenvalue weighted by molar-refractivity contribution is -0.652. The first-order valence-electron chi connectivity index (χ1n) is 9.12. The molecule has 0 radical (unpaired) electrons. The molecule has 166 valence electrons. The normalized spacial score (nSPS) is 11.0. The highest BCUT2D eigenvalue weighted by atomic mass is 35.5. The minimum Gasteiger partial charge on any atom is -0.739 e. The van der Waals surface area contributed by atoms with Gasteiger partial charge in [-0.2, -0.15) is 0 Å². The third-order valence-corrected chi connectivity index (χ3v) is 6.50. The Morgan fingerprint density at radius 2 is 1.71 bits per heavy atom. The van der Waals surface area contributed by atoms with Crippen molar-refractivity contribution in [2.45, 2.75) is 33.1 Å². The van der Waals surface area contributed by atoms with Crippen LogP contribution >= 0.6 is 22.4 Å². The van der Waals surface area contributed by atoms with Crippen molar-refractivity contribution in [1.82, 2.24) is 9.78 Å². The molecule has 3 aromatic rings. The lowest BCUT2D eigenvalue weighted by Gasteiger charge is -2.05. The Morgan fingerprint density at radius 3 is 2.19 bits per heavy atom. The Kier molecular flexibility index (Phi) is 8.63. The third-order valence-electron chi connectivity index (χ3n) is 4.29. The summed E-state index contributed by atoms with van der Waals surface area (Å²) < 4.78 is 33.9. The van der Waals surface area contributed by atoms with E-state index >= 15 is 0 Å². The lowest BCUT2D eigenvalue weighted by Crippen LogP contribution is -2.48. The average Bonchev–Trinajstić information content (AvgIpc) is 2.94. The van der Waals surface area contributed by atoms with Gasteiger partial charge in [-0.15, -0.1) is 9.36 Å². The predicted molar refractivity (Wildman–Crippen MR) is 120 cm³/mol. The molecule has 0 atom stereocenters. The number of rotatable bonds is 6. The van der Waals surface area contributed by atoms with Gasteiger partial charge in [0.2, 0.25) is 0 Å². The number of Topliss-reactive ketones (excluding diaryl/α,β-unsaturated/α-hetero) is 1. The molecule has 0 fully saturated rings. The zero-order chi connectivity index (χ0) is 23.2. The van der Waals surface area contributed by atoms with Crippen molar-refractivity contribution < 1.29 is 22.4 Å². The fraction of sp³-hybridized carbons (Fsp3) is 0.250. The number of halogens is 1. The van der Waals surface area contributed by atoms with Crippen LogP contribution in [0.25, 0.3) is 0 Å². The minimum atomic E-state index is -4.17. The zero-order valence-electron chi connectivity index (χ0n) is 17.3. The number of hydrogen-bond acceptors (Lipinski definition) is 7. The van der Waals surface area contributed by atoms with Crippen LogP contribution in [-0.2, 0) is 21.4 Å². The maximum absolute atomic E-state index is 12.0. The summed E-state index contributed by atoms with van der Waals surface area (Å²) in [6.45, 7) is 5.71. The van der Waals surface area contributed by atoms with Gasteiger partial charge in [0, 0.05) is 35.3 Å². The van der Waals surface area contributed by atoms with E-state index in [0.29, 0.717) is 27.2 Å². The highest BCUT2D eigenvalue weighted by Crippen LogP contribution is 2.17. The second-order valence-corrected chi connectivity index (χ2v) is 10.4. The van der Waals surface area contributed by atoms with E-state index < -0.39 is 9.15 Å². The number of aromatic nitrogens is 3. The van der Waals surface area contributed by atoms with Gasteiger partial charge in [0.05, 0.1) is 0 Å². The number of hydrogen-bond donors (Lipinski definition) is 1. The fourth-order valence-corrected chi connectivity index (χ4v) is 3.93. The molecule has 0 aliphatic rings. The van der Waals surface area contributed by atoms with Gasteiger partial charge in [-0.1, -0.05) is 41.4 Å². The summed E-state index contributed by atoms with van der Waals surface area (Å²) >= 11 is 5.78. The van der Waals surface area contributed by atoms with Crippen LogP contribution in [0.5, 0.6) is 0 Å². The molecule has 2 N–H and O–H groups in total. The van der Waals surface area contributed by atoms with Gasteiger partial charge in [0.1, 0.15) is 9.15 Å². The maximum atomic E-state index is 12.0. The number of nitrogens with two attached hydrogens (primary N) is 1. The van der Waals surface area contributed by atoms with Gasteiger partial charge in [0.25, 0.3) is 11.6 Å². The molecule has 0 bridgehead atoms. The number of benzene rings is 2. The van der Waals surface area contributed by atoms with Crippen LogP contribution in [0.2, 0.25) is 5.02 Å². The molecule has 2 aromatic carbocycles. The van der Waals surface area contributed by atoms with Crippen LogP contribution in [0.1, 0.15) is 33.1 Å². The summed E-state index contributed by atoms with van der Waals surface area (Å²) in [5.41, 5.74) is 2.56. The monoisotopic (exact) mass is 482 g/mol. The summed E-state index contributed by atoms with van der Waals surface area (Å²) in [7, 11) is -3.76. The van der Waals surface area contributed by atoms with Crippen molar-refractivity contribution in [2.75, 3.05) is 5.84 Å². The van der Waals surface area contributed by atoms with Crippen LogP contribution in [0.15, 0.2) is 48.5 Å². The second kappa shape index (κ2) is 10.8. The average molecular weight is 483 g/mol. The van der Waals surface area contributed by atoms with Gasteiger partial charge in [-0.3, -0.25) is 10.6 Å². The molecule has 0 unspecified atom stereocenters. The topological polar surface area (TPSA) is 122 Å². The van der Waals surface area contributed by atoms with Crippen LogP contribution in [-0.4, -0.2) is 28.5 Å². The Morgan fingerprint density at radius 1 is 1.13 bits per heavy atom. The van der Waals surface area contributed by atoms with E-state index in [1.807, 2.05) is 38.1 Å². The molecule has 0 aliphatic heterocycles. The van der Waals surface area contributed by atoms with Gasteiger partial charge >= 0.3 is 0 Å². The maximum Gasteiger partial charge on any atom is 0.295 e. The first-order chi connectivity index (χ1) is 14.5. The summed E-state index contributed by atoms with van der Waals surface area (Å²) in [6.07, 6.45) is 0. The van der Waals surface area contributed by atoms with Crippen molar-refractivity contribution in [3.8, 4) is 0 Å². The van der Waals surface area contributed by atoms with Gasteiger partial charge < -0.3 is 4.55 Å². The van der Waals surface area contributed by atoms with Crippen LogP contribution in [0.4, 0.5) is 0 Å². The molecule has 3 rings (SSSR count). The van der Waals surface area contributed by atoms with E-state index in [1.54, 1.807) is 35.9 Å². The quantitative estimate of drug-likeness (QED) is 0.188. The molecule has 8 nitrogen and oxygen atoms in total. The molecule has 1 heterocycles. The molecule has 0 spiro atoms. The van der Waals surface area contributed by atoms with Gasteiger partial charge in [-0.25, -0.2) is 8.42 Å². The predicted octanol–water partition coefficient (Wildman–Crippen LogP) is 2.73. The first kappa shape index (κ1) is 24.9. The molecule has 0 saturated carbocycles. The van der Waals surface area contributed by atoms with Crippen molar-refractivity contribution in [3.05, 3.63) is 81.9 Å². The van der Waals surface area contributed by atoms with Crippen molar-refractivity contribution in [1.29, 1.82) is 0 Å². The highest BCUT2D eigenvalue weighted by Gasteiger charge is 2.20. The minimum absolute atomic E-state index is 0.0298. The van der Waals surface area contributed by atoms with E-state index in [1.165, 1.54) is 4.68 Å². The molecule has 11 heteroatoms. The number of aryl methyl sites for hydroxylation is 2. The Balaban J connectivity index is 0.000000233. The third kappa shape index (κ3) is 7.98. The Hall–Kier alpha value is -2.40. The van der Waals surface area contributed by atoms with E-state index in [2.05, 4.69) is 5.10 Å². The molecular weight excluding hydrogens is 460 g/mol. The van der Waals surface area contributed by atoms with Crippen molar-refractivity contribution in [3.63, 3.8) is 0 Å². The van der Waals surface area contributed by atoms with E-state index in [-0.39, 0.29) is 18.1 Å². The summed E-state index contributed by atoms with van der Waals surface area (Å²) in [4.78, 5) is 12.0. The van der Waals surface area contributed by atoms with Gasteiger partial charge in [0.15, 0.2) is 12.3 Å². The lowest BCUT2D eigenvalue weighted by atomic mass is 10.1. The number of nitrogens with zero attached hydrogens (tertiary/aromatic N) is 3.